The van der Waals surface area contributed by atoms with Crippen molar-refractivity contribution >= 4 is 17.7 Å². The zero-order chi connectivity index (χ0) is 15.7. The normalized spacial score (nSPS) is 20.1. The fraction of sp³-hybridized carbons (Fsp3) is 0.400. The van der Waals surface area contributed by atoms with Crippen LogP contribution >= 0.6 is 11.8 Å². The molecular formula is C15H18N4O2S. The first-order chi connectivity index (χ1) is 10.6. The van der Waals surface area contributed by atoms with E-state index in [1.165, 1.54) is 17.3 Å². The van der Waals surface area contributed by atoms with E-state index < -0.39 is 5.25 Å². The molecule has 0 fully saturated rings. The third kappa shape index (κ3) is 2.68. The topological polar surface area (TPSA) is 69.0 Å². The van der Waals surface area contributed by atoms with Crippen molar-refractivity contribution in [1.82, 2.24) is 14.9 Å². The van der Waals surface area contributed by atoms with E-state index in [2.05, 4.69) is 15.6 Å². The first-order valence-corrected chi connectivity index (χ1v) is 8.06. The summed E-state index contributed by atoms with van der Waals surface area (Å²) in [5.41, 5.74) is 5.56. The molecule has 7 heteroatoms. The average Bonchev–Trinajstić information content (AvgIpc) is 2.88. The van der Waals surface area contributed by atoms with Crippen molar-refractivity contribution in [3.8, 4) is 0 Å². The number of thioether (sulfide) groups is 1. The van der Waals surface area contributed by atoms with Crippen LogP contribution in [0.1, 0.15) is 29.9 Å². The largest absolute Gasteiger partial charge is 0.465 e. The van der Waals surface area contributed by atoms with Crippen molar-refractivity contribution in [2.75, 3.05) is 12.0 Å². The molecule has 2 atom stereocenters. The number of nitrogens with one attached hydrogen (secondary N) is 1. The number of rotatable bonds is 3. The molecule has 1 aliphatic heterocycles. The summed E-state index contributed by atoms with van der Waals surface area (Å²) < 4.78 is 7.05. The van der Waals surface area contributed by atoms with Gasteiger partial charge >= 0.3 is 5.97 Å². The standard InChI is InChI=1S/C15H18N4O2S/c1-4-21-14(20)13-12(11-7-5-9(2)6-8-11)18-19-10(3)16-17-15(19)22-13/h5-8,12-13,18H,4H2,1-3H3/t12-,13+/m1/s1. The Labute approximate surface area is 133 Å². The summed E-state index contributed by atoms with van der Waals surface area (Å²) in [6, 6.07) is 7.96. The van der Waals surface area contributed by atoms with Gasteiger partial charge in [0.2, 0.25) is 5.16 Å². The number of aryl methyl sites for hydroxylation is 2. The number of hydrogen-bond donors (Lipinski definition) is 1. The van der Waals surface area contributed by atoms with Crippen molar-refractivity contribution in [2.24, 2.45) is 0 Å². The lowest BCUT2D eigenvalue weighted by atomic mass is 10.0. The third-order valence-corrected chi connectivity index (χ3v) is 4.75. The van der Waals surface area contributed by atoms with Crippen molar-refractivity contribution < 1.29 is 9.53 Å². The lowest BCUT2D eigenvalue weighted by Gasteiger charge is -2.32. The second-order valence-electron chi connectivity index (χ2n) is 5.17. The van der Waals surface area contributed by atoms with Gasteiger partial charge in [-0.25, -0.2) is 4.68 Å². The molecule has 1 aliphatic rings. The van der Waals surface area contributed by atoms with Gasteiger partial charge in [-0.3, -0.25) is 4.79 Å². The van der Waals surface area contributed by atoms with Gasteiger partial charge < -0.3 is 10.2 Å². The molecule has 0 spiro atoms. The van der Waals surface area contributed by atoms with Gasteiger partial charge in [0.05, 0.1) is 12.6 Å². The maximum atomic E-state index is 12.3. The van der Waals surface area contributed by atoms with Crippen molar-refractivity contribution in [3.63, 3.8) is 0 Å². The minimum atomic E-state index is -0.390. The minimum absolute atomic E-state index is 0.188. The quantitative estimate of drug-likeness (QED) is 0.875. The van der Waals surface area contributed by atoms with E-state index in [0.29, 0.717) is 11.8 Å². The lowest BCUT2D eigenvalue weighted by molar-refractivity contribution is -0.142. The molecule has 0 aliphatic carbocycles. The Hall–Kier alpha value is -2.02. The van der Waals surface area contributed by atoms with Crippen LogP contribution in [0, 0.1) is 13.8 Å². The number of nitrogens with zero attached hydrogens (tertiary/aromatic N) is 3. The zero-order valence-corrected chi connectivity index (χ0v) is 13.6. The molecule has 1 N–H and O–H groups in total. The summed E-state index contributed by atoms with van der Waals surface area (Å²) >= 11 is 1.39. The van der Waals surface area contributed by atoms with Gasteiger partial charge in [-0.05, 0) is 26.3 Å². The highest BCUT2D eigenvalue weighted by molar-refractivity contribution is 8.00. The lowest BCUT2D eigenvalue weighted by Crippen LogP contribution is -2.39. The molecule has 0 radical (unpaired) electrons. The summed E-state index contributed by atoms with van der Waals surface area (Å²) in [7, 11) is 0. The smallest absolute Gasteiger partial charge is 0.322 e. The Bertz CT molecular complexity index is 683. The highest BCUT2D eigenvalue weighted by Gasteiger charge is 2.38. The molecule has 6 nitrogen and oxygen atoms in total. The van der Waals surface area contributed by atoms with Gasteiger partial charge in [0.1, 0.15) is 11.1 Å². The first kappa shape index (κ1) is 14.9. The summed E-state index contributed by atoms with van der Waals surface area (Å²) in [5, 5.41) is 8.44. The predicted molar refractivity (Wildman–Crippen MR) is 84.3 cm³/mol. The summed E-state index contributed by atoms with van der Waals surface area (Å²) in [6.07, 6.45) is 0. The number of aromatic nitrogens is 3. The van der Waals surface area contributed by atoms with Crippen molar-refractivity contribution in [3.05, 3.63) is 41.2 Å². The summed E-state index contributed by atoms with van der Waals surface area (Å²) in [5.74, 6) is 0.527. The second-order valence-corrected chi connectivity index (χ2v) is 6.28. The number of fused-ring (bicyclic) bond motifs is 1. The van der Waals surface area contributed by atoms with Crippen LogP contribution in [-0.4, -0.2) is 32.7 Å². The van der Waals surface area contributed by atoms with Crippen LogP contribution in [0.4, 0.5) is 0 Å². The summed E-state index contributed by atoms with van der Waals surface area (Å²) in [4.78, 5) is 12.3. The van der Waals surface area contributed by atoms with Gasteiger partial charge in [0.25, 0.3) is 0 Å². The predicted octanol–water partition coefficient (Wildman–Crippen LogP) is 2.22. The van der Waals surface area contributed by atoms with Crippen LogP contribution < -0.4 is 5.43 Å². The molecule has 0 amide bonds. The second kappa shape index (κ2) is 6.00. The Morgan fingerprint density at radius 1 is 1.32 bits per heavy atom. The Kier molecular flexibility index (Phi) is 4.06. The number of carbonyl (C=O) groups excluding carboxylic acids is 1. The van der Waals surface area contributed by atoms with Crippen LogP contribution in [0.25, 0.3) is 0 Å². The Morgan fingerprint density at radius 3 is 2.73 bits per heavy atom. The van der Waals surface area contributed by atoms with Gasteiger partial charge in [0, 0.05) is 0 Å². The molecule has 1 aromatic carbocycles. The molecule has 3 rings (SSSR count). The maximum Gasteiger partial charge on any atom is 0.322 e. The van der Waals surface area contributed by atoms with Crippen molar-refractivity contribution in [2.45, 2.75) is 37.2 Å². The van der Waals surface area contributed by atoms with Crippen molar-refractivity contribution in [1.29, 1.82) is 0 Å². The molecule has 0 bridgehead atoms. The number of ether oxygens (including phenoxy) is 1. The number of benzene rings is 1. The van der Waals surface area contributed by atoms with E-state index in [9.17, 15) is 4.79 Å². The van der Waals surface area contributed by atoms with Crippen LogP contribution in [0.3, 0.4) is 0 Å². The van der Waals surface area contributed by atoms with E-state index in [4.69, 9.17) is 4.74 Å². The van der Waals surface area contributed by atoms with Gasteiger partial charge in [-0.15, -0.1) is 10.2 Å². The first-order valence-electron chi connectivity index (χ1n) is 7.18. The molecular weight excluding hydrogens is 300 g/mol. The van der Waals surface area contributed by atoms with Gasteiger partial charge in [-0.2, -0.15) is 0 Å². The monoisotopic (exact) mass is 318 g/mol. The van der Waals surface area contributed by atoms with E-state index in [0.717, 1.165) is 11.4 Å². The maximum absolute atomic E-state index is 12.3. The van der Waals surface area contributed by atoms with Crippen LogP contribution in [0.2, 0.25) is 0 Å². The fourth-order valence-corrected chi connectivity index (χ4v) is 3.51. The molecule has 0 saturated heterocycles. The summed E-state index contributed by atoms with van der Waals surface area (Å²) in [6.45, 7) is 6.09. The van der Waals surface area contributed by atoms with Gasteiger partial charge in [-0.1, -0.05) is 41.6 Å². The fourth-order valence-electron chi connectivity index (χ4n) is 2.39. The van der Waals surface area contributed by atoms with Crippen LogP contribution in [0.5, 0.6) is 0 Å². The molecule has 116 valence electrons. The van der Waals surface area contributed by atoms with E-state index in [1.807, 2.05) is 49.7 Å². The highest BCUT2D eigenvalue weighted by Crippen LogP contribution is 2.37. The SMILES string of the molecule is CCOC(=O)[C@H]1Sc2nnc(C)n2N[C@@H]1c1ccc(C)cc1. The van der Waals surface area contributed by atoms with Crippen LogP contribution in [0.15, 0.2) is 29.4 Å². The molecule has 22 heavy (non-hydrogen) atoms. The molecule has 0 unspecified atom stereocenters. The molecule has 0 saturated carbocycles. The highest BCUT2D eigenvalue weighted by atomic mass is 32.2. The number of carbonyl (C=O) groups is 1. The number of esters is 1. The van der Waals surface area contributed by atoms with E-state index in [1.54, 1.807) is 0 Å². The third-order valence-electron chi connectivity index (χ3n) is 3.55. The minimum Gasteiger partial charge on any atom is -0.465 e. The molecule has 2 aromatic rings. The average molecular weight is 318 g/mol. The number of hydrogen-bond acceptors (Lipinski definition) is 6. The zero-order valence-electron chi connectivity index (χ0n) is 12.7. The van der Waals surface area contributed by atoms with E-state index >= 15 is 0 Å². The van der Waals surface area contributed by atoms with Crippen LogP contribution in [-0.2, 0) is 9.53 Å². The Balaban J connectivity index is 1.97. The molecule has 2 heterocycles. The van der Waals surface area contributed by atoms with Gasteiger partial charge in [0.15, 0.2) is 0 Å². The molecule has 1 aromatic heterocycles. The Morgan fingerprint density at radius 2 is 2.05 bits per heavy atom. The van der Waals surface area contributed by atoms with E-state index in [-0.39, 0.29) is 12.0 Å².